The Morgan fingerprint density at radius 1 is 0.520 bits per heavy atom. The molecule has 0 heterocycles. The van der Waals surface area contributed by atoms with Crippen LogP contribution in [0, 0.1) is 0 Å². The maximum atomic E-state index is 2.31. The van der Waals surface area contributed by atoms with Crippen LogP contribution in [0.15, 0.2) is 48.5 Å². The quantitative estimate of drug-likeness (QED) is 0.511. The van der Waals surface area contributed by atoms with E-state index in [2.05, 4.69) is 62.4 Å². The van der Waals surface area contributed by atoms with Crippen LogP contribution >= 0.6 is 0 Å². The van der Waals surface area contributed by atoms with Gasteiger partial charge in [0, 0.05) is 5.41 Å². The van der Waals surface area contributed by atoms with Crippen LogP contribution in [-0.2, 0) is 5.41 Å². The number of fused-ring (bicyclic) bond motifs is 3. The Morgan fingerprint density at radius 3 is 1.08 bits per heavy atom. The monoisotopic (exact) mass is 342 g/mol. The Balaban J connectivity index is 0. The van der Waals surface area contributed by atoms with Gasteiger partial charge in [0.2, 0.25) is 0 Å². The minimum Gasteiger partial charge on any atom is -0.0683 e. The van der Waals surface area contributed by atoms with Crippen molar-refractivity contribution in [2.24, 2.45) is 0 Å². The third kappa shape index (κ3) is 5.21. The van der Waals surface area contributed by atoms with Crippen molar-refractivity contribution in [1.29, 1.82) is 0 Å². The third-order valence-corrected chi connectivity index (χ3v) is 4.38. The molecule has 0 atom stereocenters. The van der Waals surface area contributed by atoms with Crippen molar-refractivity contribution >= 4 is 0 Å². The summed E-state index contributed by atoms with van der Waals surface area (Å²) in [6.07, 6.45) is 2.36. The summed E-state index contributed by atoms with van der Waals surface area (Å²) in [5, 5.41) is 0. The second-order valence-electron chi connectivity index (χ2n) is 4.88. The fourth-order valence-corrected chi connectivity index (χ4v) is 3.43. The van der Waals surface area contributed by atoms with Crippen molar-refractivity contribution < 1.29 is 0 Å². The summed E-state index contributed by atoms with van der Waals surface area (Å²) in [6, 6.07) is 17.8. The van der Waals surface area contributed by atoms with E-state index in [0.717, 1.165) is 0 Å². The Labute approximate surface area is 158 Å². The summed E-state index contributed by atoms with van der Waals surface area (Å²) in [4.78, 5) is 0. The number of benzene rings is 2. The molecule has 0 radical (unpaired) electrons. The molecule has 25 heavy (non-hydrogen) atoms. The van der Waals surface area contributed by atoms with Crippen LogP contribution in [0.3, 0.4) is 0 Å². The average Bonchev–Trinajstić information content (AvgIpc) is 3.04. The lowest BCUT2D eigenvalue weighted by Gasteiger charge is -2.29. The Morgan fingerprint density at radius 2 is 0.800 bits per heavy atom. The van der Waals surface area contributed by atoms with Gasteiger partial charge in [-0.2, -0.15) is 0 Å². The van der Waals surface area contributed by atoms with Crippen molar-refractivity contribution in [3.05, 3.63) is 59.7 Å². The van der Waals surface area contributed by atoms with Crippen molar-refractivity contribution in [3.8, 4) is 11.1 Å². The first-order valence-corrected chi connectivity index (χ1v) is 10.5. The molecule has 0 fully saturated rings. The largest absolute Gasteiger partial charge is 0.0683 e. The molecular formula is C25H42. The lowest BCUT2D eigenvalue weighted by Crippen LogP contribution is -2.22. The van der Waals surface area contributed by atoms with Crippen LogP contribution in [0.1, 0.15) is 93.2 Å². The van der Waals surface area contributed by atoms with E-state index in [-0.39, 0.29) is 5.41 Å². The van der Waals surface area contributed by atoms with Crippen LogP contribution in [0.5, 0.6) is 0 Å². The van der Waals surface area contributed by atoms with Gasteiger partial charge in [-0.3, -0.25) is 0 Å². The second kappa shape index (κ2) is 14.8. The number of hydrogen-bond donors (Lipinski definition) is 0. The van der Waals surface area contributed by atoms with Gasteiger partial charge in [-0.1, -0.05) is 118 Å². The normalized spacial score (nSPS) is 11.4. The van der Waals surface area contributed by atoms with Crippen LogP contribution in [0.4, 0.5) is 0 Å². The van der Waals surface area contributed by atoms with Crippen LogP contribution in [-0.4, -0.2) is 0 Å². The third-order valence-electron chi connectivity index (χ3n) is 4.38. The Kier molecular flexibility index (Phi) is 15.2. The molecule has 0 heteroatoms. The van der Waals surface area contributed by atoms with Gasteiger partial charge in [0.15, 0.2) is 0 Å². The van der Waals surface area contributed by atoms with Gasteiger partial charge in [0.1, 0.15) is 0 Å². The van der Waals surface area contributed by atoms with Gasteiger partial charge in [-0.25, -0.2) is 0 Å². The van der Waals surface area contributed by atoms with Crippen molar-refractivity contribution in [2.75, 3.05) is 0 Å². The molecule has 0 aliphatic heterocycles. The predicted octanol–water partition coefficient (Wildman–Crippen LogP) is 8.88. The molecule has 0 spiro atoms. The average molecular weight is 343 g/mol. The topological polar surface area (TPSA) is 0 Å². The van der Waals surface area contributed by atoms with Crippen molar-refractivity contribution in [2.45, 2.75) is 87.5 Å². The van der Waals surface area contributed by atoms with E-state index >= 15 is 0 Å². The minimum absolute atomic E-state index is 0.243. The van der Waals surface area contributed by atoms with Crippen LogP contribution in [0.2, 0.25) is 0 Å². The van der Waals surface area contributed by atoms with Crippen molar-refractivity contribution in [3.63, 3.8) is 0 Å². The highest BCUT2D eigenvalue weighted by atomic mass is 14.4. The SMILES string of the molecule is CC.CC.CC.CC.CCC1(CC)c2ccccc2-c2ccccc21. The van der Waals surface area contributed by atoms with E-state index in [1.165, 1.54) is 35.1 Å². The van der Waals surface area contributed by atoms with Gasteiger partial charge in [-0.15, -0.1) is 0 Å². The highest BCUT2D eigenvalue weighted by Gasteiger charge is 2.39. The summed E-state index contributed by atoms with van der Waals surface area (Å²) in [5.41, 5.74) is 6.16. The summed E-state index contributed by atoms with van der Waals surface area (Å²) in [5.74, 6) is 0. The van der Waals surface area contributed by atoms with Crippen LogP contribution < -0.4 is 0 Å². The highest BCUT2D eigenvalue weighted by molar-refractivity contribution is 5.80. The Bertz CT molecular complexity index is 500. The molecule has 0 unspecified atom stereocenters. The molecule has 0 N–H and O–H groups in total. The smallest absolute Gasteiger partial charge is 0.0210 e. The maximum absolute atomic E-state index is 2.31. The van der Waals surface area contributed by atoms with E-state index < -0.39 is 0 Å². The predicted molar refractivity (Wildman–Crippen MR) is 119 cm³/mol. The fraction of sp³-hybridized carbons (Fsp3) is 0.520. The molecular weight excluding hydrogens is 300 g/mol. The summed E-state index contributed by atoms with van der Waals surface area (Å²) in [6.45, 7) is 20.6. The molecule has 0 nitrogen and oxygen atoms in total. The lowest BCUT2D eigenvalue weighted by atomic mass is 9.74. The first-order chi connectivity index (χ1) is 12.3. The van der Waals surface area contributed by atoms with Crippen molar-refractivity contribution in [1.82, 2.24) is 0 Å². The molecule has 142 valence electrons. The number of hydrogen-bond acceptors (Lipinski definition) is 0. The van der Waals surface area contributed by atoms with Gasteiger partial charge in [0.25, 0.3) is 0 Å². The van der Waals surface area contributed by atoms with E-state index in [4.69, 9.17) is 0 Å². The van der Waals surface area contributed by atoms with Gasteiger partial charge in [0.05, 0.1) is 0 Å². The van der Waals surface area contributed by atoms with E-state index in [9.17, 15) is 0 Å². The van der Waals surface area contributed by atoms with Gasteiger partial charge < -0.3 is 0 Å². The first kappa shape index (κ1) is 25.7. The van der Waals surface area contributed by atoms with E-state index in [1.807, 2.05) is 55.4 Å². The lowest BCUT2D eigenvalue weighted by molar-refractivity contribution is 0.490. The molecule has 2 aromatic rings. The molecule has 0 saturated carbocycles. The molecule has 1 aliphatic rings. The highest BCUT2D eigenvalue weighted by Crippen LogP contribution is 2.52. The molecule has 2 aromatic carbocycles. The van der Waals surface area contributed by atoms with E-state index in [0.29, 0.717) is 0 Å². The molecule has 1 aliphatic carbocycles. The first-order valence-electron chi connectivity index (χ1n) is 10.5. The molecule has 0 amide bonds. The summed E-state index contributed by atoms with van der Waals surface area (Å²) >= 11 is 0. The zero-order valence-corrected chi connectivity index (χ0v) is 18.5. The molecule has 0 bridgehead atoms. The number of rotatable bonds is 2. The molecule has 0 aromatic heterocycles. The summed E-state index contributed by atoms with van der Waals surface area (Å²) < 4.78 is 0. The maximum Gasteiger partial charge on any atom is 0.0210 e. The summed E-state index contributed by atoms with van der Waals surface area (Å²) in [7, 11) is 0. The minimum atomic E-state index is 0.243. The fourth-order valence-electron chi connectivity index (χ4n) is 3.43. The standard InChI is InChI=1S/C17H18.4C2H6/c1-3-17(4-2)15-11-7-5-9-13(15)14-10-6-8-12-16(14)17;4*1-2/h5-12H,3-4H2,1-2H3;4*1-2H3. The van der Waals surface area contributed by atoms with E-state index in [1.54, 1.807) is 0 Å². The second-order valence-corrected chi connectivity index (χ2v) is 4.88. The van der Waals surface area contributed by atoms with Crippen LogP contribution in [0.25, 0.3) is 11.1 Å². The zero-order chi connectivity index (χ0) is 19.9. The van der Waals surface area contributed by atoms with Gasteiger partial charge >= 0.3 is 0 Å². The molecule has 3 rings (SSSR count). The molecule has 0 saturated heterocycles. The zero-order valence-electron chi connectivity index (χ0n) is 18.5. The van der Waals surface area contributed by atoms with Gasteiger partial charge in [-0.05, 0) is 35.1 Å². The Hall–Kier alpha value is -1.56.